The van der Waals surface area contributed by atoms with Crippen LogP contribution in [0.3, 0.4) is 0 Å². The molecule has 21 heavy (non-hydrogen) atoms. The molecule has 0 amide bonds. The fraction of sp³-hybridized carbons (Fsp3) is 0.357. The minimum atomic E-state index is 0. The maximum Gasteiger partial charge on any atom is 0.193 e. The Labute approximate surface area is 141 Å². The molecule has 0 saturated carbocycles. The third kappa shape index (κ3) is 5.00. The van der Waals surface area contributed by atoms with Crippen LogP contribution in [0.4, 0.5) is 5.69 Å². The summed E-state index contributed by atoms with van der Waals surface area (Å²) in [5.41, 5.74) is 8.09. The van der Waals surface area contributed by atoms with Crippen molar-refractivity contribution in [3.05, 3.63) is 42.0 Å². The third-order valence-electron chi connectivity index (χ3n) is 3.02. The van der Waals surface area contributed by atoms with Gasteiger partial charge in [-0.05, 0) is 31.0 Å². The van der Waals surface area contributed by atoms with Crippen LogP contribution >= 0.6 is 24.0 Å². The molecule has 6 nitrogen and oxygen atoms in total. The first-order chi connectivity index (χ1) is 9.72. The Kier molecular flexibility index (Phi) is 7.13. The van der Waals surface area contributed by atoms with E-state index in [0.29, 0.717) is 12.5 Å². The zero-order valence-electron chi connectivity index (χ0n) is 12.3. The smallest absolute Gasteiger partial charge is 0.193 e. The minimum absolute atomic E-state index is 0. The molecule has 0 unspecified atom stereocenters. The number of anilines is 1. The number of aromatic nitrogens is 3. The fourth-order valence-corrected chi connectivity index (χ4v) is 1.84. The van der Waals surface area contributed by atoms with Gasteiger partial charge in [0.15, 0.2) is 5.96 Å². The number of aryl methyl sites for hydroxylation is 2. The van der Waals surface area contributed by atoms with Crippen LogP contribution in [0.2, 0.25) is 0 Å². The van der Waals surface area contributed by atoms with Gasteiger partial charge in [0.05, 0.1) is 0 Å². The number of nitrogens with one attached hydrogen (secondary N) is 1. The monoisotopic (exact) mass is 400 g/mol. The predicted octanol–water partition coefficient (Wildman–Crippen LogP) is 2.41. The van der Waals surface area contributed by atoms with Crippen LogP contribution in [-0.2, 0) is 19.5 Å². The molecule has 0 fully saturated rings. The quantitative estimate of drug-likeness (QED) is 0.459. The van der Waals surface area contributed by atoms with Gasteiger partial charge in [-0.25, -0.2) is 14.7 Å². The van der Waals surface area contributed by atoms with Crippen molar-refractivity contribution in [3.63, 3.8) is 0 Å². The Balaban J connectivity index is 0.00000220. The van der Waals surface area contributed by atoms with Gasteiger partial charge in [0.1, 0.15) is 18.7 Å². The summed E-state index contributed by atoms with van der Waals surface area (Å²) in [5.74, 6) is 1.18. The molecule has 7 heteroatoms. The number of nitrogens with two attached hydrogens (primary N) is 1. The second-order valence-corrected chi connectivity index (χ2v) is 4.37. The standard InChI is InChI=1S/C14H20N6.HI/c1-3-11-5-7-12(8-6-11)19-14(15)16-9-13-17-10-18-20(13)4-2;/h5-8,10H,3-4,9H2,1-2H3,(H3,15,16,19);1H. The van der Waals surface area contributed by atoms with E-state index in [0.717, 1.165) is 24.5 Å². The second-order valence-electron chi connectivity index (χ2n) is 4.37. The topological polar surface area (TPSA) is 81.1 Å². The molecule has 2 aromatic rings. The highest BCUT2D eigenvalue weighted by atomic mass is 127. The van der Waals surface area contributed by atoms with E-state index in [-0.39, 0.29) is 24.0 Å². The Morgan fingerprint density at radius 2 is 2.00 bits per heavy atom. The van der Waals surface area contributed by atoms with Gasteiger partial charge in [-0.1, -0.05) is 19.1 Å². The first-order valence-corrected chi connectivity index (χ1v) is 6.75. The highest BCUT2D eigenvalue weighted by Gasteiger charge is 2.01. The number of nitrogens with zero attached hydrogens (tertiary/aromatic N) is 4. The number of aliphatic imine (C=N–C) groups is 1. The maximum atomic E-state index is 5.87. The van der Waals surface area contributed by atoms with Crippen molar-refractivity contribution in [1.29, 1.82) is 0 Å². The van der Waals surface area contributed by atoms with Crippen LogP contribution in [0, 0.1) is 0 Å². The van der Waals surface area contributed by atoms with E-state index in [1.165, 1.54) is 11.9 Å². The molecule has 3 N–H and O–H groups in total. The molecule has 1 aromatic heterocycles. The molecule has 1 heterocycles. The molecule has 1 aromatic carbocycles. The number of guanidine groups is 1. The van der Waals surface area contributed by atoms with Crippen LogP contribution in [0.25, 0.3) is 0 Å². The summed E-state index contributed by atoms with van der Waals surface area (Å²) in [6, 6.07) is 8.14. The van der Waals surface area contributed by atoms with Gasteiger partial charge in [0, 0.05) is 12.2 Å². The summed E-state index contributed by atoms with van der Waals surface area (Å²) in [6.07, 6.45) is 2.55. The second kappa shape index (κ2) is 8.60. The number of rotatable bonds is 5. The SMILES string of the molecule is CCc1ccc(NC(N)=NCc2ncnn2CC)cc1.I. The van der Waals surface area contributed by atoms with Crippen molar-refractivity contribution in [2.75, 3.05) is 5.32 Å². The predicted molar refractivity (Wildman–Crippen MR) is 95.9 cm³/mol. The van der Waals surface area contributed by atoms with Gasteiger partial charge in [-0.2, -0.15) is 5.10 Å². The lowest BCUT2D eigenvalue weighted by Gasteiger charge is -2.06. The summed E-state index contributed by atoms with van der Waals surface area (Å²) >= 11 is 0. The van der Waals surface area contributed by atoms with Gasteiger partial charge in [0.25, 0.3) is 0 Å². The molecule has 0 bridgehead atoms. The minimum Gasteiger partial charge on any atom is -0.370 e. The van der Waals surface area contributed by atoms with Gasteiger partial charge in [-0.3, -0.25) is 0 Å². The fourth-order valence-electron chi connectivity index (χ4n) is 1.84. The van der Waals surface area contributed by atoms with E-state index in [9.17, 15) is 0 Å². The Hall–Kier alpha value is -1.64. The molecule has 0 saturated heterocycles. The highest BCUT2D eigenvalue weighted by Crippen LogP contribution is 2.09. The van der Waals surface area contributed by atoms with Crippen molar-refractivity contribution in [1.82, 2.24) is 14.8 Å². The largest absolute Gasteiger partial charge is 0.370 e. The zero-order valence-corrected chi connectivity index (χ0v) is 14.6. The van der Waals surface area contributed by atoms with Crippen molar-refractivity contribution in [2.45, 2.75) is 33.4 Å². The van der Waals surface area contributed by atoms with E-state index in [1.807, 2.05) is 19.1 Å². The molecule has 0 aliphatic carbocycles. The molecule has 114 valence electrons. The molecular formula is C14H21IN6. The Morgan fingerprint density at radius 3 is 2.62 bits per heavy atom. The summed E-state index contributed by atoms with van der Waals surface area (Å²) in [6.45, 7) is 5.33. The van der Waals surface area contributed by atoms with Crippen LogP contribution in [0.1, 0.15) is 25.2 Å². The van der Waals surface area contributed by atoms with Crippen molar-refractivity contribution in [3.8, 4) is 0 Å². The van der Waals surface area contributed by atoms with E-state index in [4.69, 9.17) is 5.73 Å². The summed E-state index contributed by atoms with van der Waals surface area (Å²) in [5, 5.41) is 7.15. The first-order valence-electron chi connectivity index (χ1n) is 6.75. The number of benzene rings is 1. The highest BCUT2D eigenvalue weighted by molar-refractivity contribution is 14.0. The lowest BCUT2D eigenvalue weighted by Crippen LogP contribution is -2.22. The number of hydrogen-bond donors (Lipinski definition) is 2. The van der Waals surface area contributed by atoms with E-state index >= 15 is 0 Å². The van der Waals surface area contributed by atoms with Gasteiger partial charge < -0.3 is 11.1 Å². The van der Waals surface area contributed by atoms with E-state index < -0.39 is 0 Å². The van der Waals surface area contributed by atoms with E-state index in [1.54, 1.807) is 4.68 Å². The Bertz CT molecular complexity index is 575. The molecular weight excluding hydrogens is 379 g/mol. The molecule has 0 atom stereocenters. The van der Waals surface area contributed by atoms with Crippen LogP contribution in [-0.4, -0.2) is 20.7 Å². The molecule has 0 spiro atoms. The average Bonchev–Trinajstić information content (AvgIpc) is 2.93. The normalized spacial score (nSPS) is 11.0. The van der Waals surface area contributed by atoms with Gasteiger partial charge in [0.2, 0.25) is 0 Å². The van der Waals surface area contributed by atoms with Gasteiger partial charge >= 0.3 is 0 Å². The molecule has 0 radical (unpaired) electrons. The zero-order chi connectivity index (χ0) is 14.4. The number of halogens is 1. The molecule has 0 aliphatic heterocycles. The van der Waals surface area contributed by atoms with E-state index in [2.05, 4.69) is 39.4 Å². The van der Waals surface area contributed by atoms with Crippen molar-refractivity contribution < 1.29 is 0 Å². The molecule has 0 aliphatic rings. The lowest BCUT2D eigenvalue weighted by molar-refractivity contribution is 0.616. The first kappa shape index (κ1) is 17.4. The maximum absolute atomic E-state index is 5.87. The lowest BCUT2D eigenvalue weighted by atomic mass is 10.1. The van der Waals surface area contributed by atoms with Crippen LogP contribution in [0.5, 0.6) is 0 Å². The third-order valence-corrected chi connectivity index (χ3v) is 3.02. The molecule has 2 rings (SSSR count). The summed E-state index contributed by atoms with van der Waals surface area (Å²) in [4.78, 5) is 8.42. The van der Waals surface area contributed by atoms with Crippen LogP contribution in [0.15, 0.2) is 35.6 Å². The Morgan fingerprint density at radius 1 is 1.29 bits per heavy atom. The summed E-state index contributed by atoms with van der Waals surface area (Å²) in [7, 11) is 0. The van der Waals surface area contributed by atoms with Crippen LogP contribution < -0.4 is 11.1 Å². The summed E-state index contributed by atoms with van der Waals surface area (Å²) < 4.78 is 1.80. The average molecular weight is 400 g/mol. The van der Waals surface area contributed by atoms with Crippen molar-refractivity contribution >= 4 is 35.6 Å². The van der Waals surface area contributed by atoms with Gasteiger partial charge in [-0.15, -0.1) is 24.0 Å². The van der Waals surface area contributed by atoms with Crippen molar-refractivity contribution in [2.24, 2.45) is 10.7 Å². The number of hydrogen-bond acceptors (Lipinski definition) is 3.